The number of thioether (sulfide) groups is 1. The average Bonchev–Trinajstić information content (AvgIpc) is 3.05. The van der Waals surface area contributed by atoms with Gasteiger partial charge in [0.15, 0.2) is 0 Å². The number of aryl methyl sites for hydroxylation is 1. The van der Waals surface area contributed by atoms with Gasteiger partial charge >= 0.3 is 0 Å². The number of rotatable bonds is 13. The van der Waals surface area contributed by atoms with Gasteiger partial charge in [-0.05, 0) is 37.1 Å². The van der Waals surface area contributed by atoms with Gasteiger partial charge < -0.3 is 0 Å². The van der Waals surface area contributed by atoms with Crippen LogP contribution in [0.2, 0.25) is 0 Å². The molecule has 0 amide bonds. The van der Waals surface area contributed by atoms with E-state index in [1.807, 2.05) is 11.8 Å². The molecule has 25 heavy (non-hydrogen) atoms. The van der Waals surface area contributed by atoms with Crippen molar-refractivity contribution in [3.63, 3.8) is 0 Å². The third kappa shape index (κ3) is 6.89. The van der Waals surface area contributed by atoms with Crippen LogP contribution >= 0.6 is 11.8 Å². The highest BCUT2D eigenvalue weighted by Crippen LogP contribution is 2.18. The lowest BCUT2D eigenvalue weighted by molar-refractivity contribution is -0.664. The van der Waals surface area contributed by atoms with Crippen LogP contribution in [0.4, 0.5) is 0 Å². The Bertz CT molecular complexity index is 577. The van der Waals surface area contributed by atoms with Crippen molar-refractivity contribution in [2.75, 3.05) is 5.75 Å². The summed E-state index contributed by atoms with van der Waals surface area (Å²) < 4.78 is 4.88. The molecule has 0 fully saturated rings. The van der Waals surface area contributed by atoms with E-state index in [0.29, 0.717) is 0 Å². The Kier molecular flexibility index (Phi) is 9.79. The predicted molar refractivity (Wildman–Crippen MR) is 111 cm³/mol. The fourth-order valence-corrected chi connectivity index (χ4v) is 4.17. The lowest BCUT2D eigenvalue weighted by Crippen LogP contribution is -2.33. The maximum absolute atomic E-state index is 2.45. The predicted octanol–water partition coefficient (Wildman–Crippen LogP) is 6.29. The molecular formula is C22H35N2S+. The molecule has 138 valence electrons. The summed E-state index contributed by atoms with van der Waals surface area (Å²) in [7, 11) is 0. The Labute approximate surface area is 158 Å². The molecule has 0 bridgehead atoms. The van der Waals surface area contributed by atoms with E-state index < -0.39 is 0 Å². The molecule has 2 rings (SSSR count). The zero-order valence-corrected chi connectivity index (χ0v) is 16.9. The van der Waals surface area contributed by atoms with Crippen molar-refractivity contribution < 1.29 is 4.57 Å². The molecule has 3 heteroatoms. The van der Waals surface area contributed by atoms with Gasteiger partial charge in [0.25, 0.3) is 5.82 Å². The van der Waals surface area contributed by atoms with E-state index in [2.05, 4.69) is 65.7 Å². The normalized spacial score (nSPS) is 11.1. The highest BCUT2D eigenvalue weighted by molar-refractivity contribution is 7.98. The smallest absolute Gasteiger partial charge is 0.230 e. The average molecular weight is 360 g/mol. The van der Waals surface area contributed by atoms with Crippen molar-refractivity contribution in [3.05, 3.63) is 42.7 Å². The number of imidazole rings is 1. The van der Waals surface area contributed by atoms with E-state index in [1.54, 1.807) is 0 Å². The topological polar surface area (TPSA) is 8.81 Å². The van der Waals surface area contributed by atoms with Gasteiger partial charge in [0.05, 0.1) is 12.1 Å². The van der Waals surface area contributed by atoms with Crippen LogP contribution < -0.4 is 4.57 Å². The molecule has 1 heterocycles. The minimum absolute atomic E-state index is 1.05. The number of hydrogen-bond acceptors (Lipinski definition) is 1. The summed E-state index contributed by atoms with van der Waals surface area (Å²) in [5.74, 6) is 3.66. The zero-order chi connectivity index (χ0) is 17.7. The second-order valence-corrected chi connectivity index (χ2v) is 7.88. The number of nitrogens with zero attached hydrogens (tertiary/aromatic N) is 2. The molecule has 2 nitrogen and oxygen atoms in total. The van der Waals surface area contributed by atoms with Crippen LogP contribution in [0.5, 0.6) is 0 Å². The molecule has 0 spiro atoms. The maximum atomic E-state index is 2.45. The van der Waals surface area contributed by atoms with Crippen LogP contribution in [0, 0.1) is 0 Å². The van der Waals surface area contributed by atoms with Crippen LogP contribution in [-0.4, -0.2) is 10.3 Å². The molecule has 0 saturated carbocycles. The van der Waals surface area contributed by atoms with Crippen LogP contribution in [0.25, 0.3) is 11.4 Å². The third-order valence-electron chi connectivity index (χ3n) is 4.63. The van der Waals surface area contributed by atoms with Crippen LogP contribution in [0.15, 0.2) is 42.7 Å². The number of aromatic nitrogens is 2. The number of benzene rings is 1. The lowest BCUT2D eigenvalue weighted by Gasteiger charge is -2.06. The summed E-state index contributed by atoms with van der Waals surface area (Å²) in [6.07, 6.45) is 15.2. The molecule has 0 aliphatic heterocycles. The van der Waals surface area contributed by atoms with Crippen molar-refractivity contribution in [2.45, 2.75) is 77.6 Å². The Morgan fingerprint density at radius 1 is 0.880 bits per heavy atom. The van der Waals surface area contributed by atoms with Crippen molar-refractivity contribution in [2.24, 2.45) is 0 Å². The zero-order valence-electron chi connectivity index (χ0n) is 16.1. The molecule has 0 aliphatic carbocycles. The number of unbranched alkanes of at least 4 members (excludes halogenated alkanes) is 6. The maximum Gasteiger partial charge on any atom is 0.289 e. The highest BCUT2D eigenvalue weighted by atomic mass is 32.2. The lowest BCUT2D eigenvalue weighted by atomic mass is 10.1. The Balaban J connectivity index is 1.99. The summed E-state index contributed by atoms with van der Waals surface area (Å²) in [5.41, 5.74) is 1.33. The first kappa shape index (κ1) is 20.1. The highest BCUT2D eigenvalue weighted by Gasteiger charge is 2.18. The molecule has 0 radical (unpaired) electrons. The van der Waals surface area contributed by atoms with Gasteiger partial charge in [0, 0.05) is 0 Å². The Hall–Kier alpha value is -1.22. The molecule has 0 saturated heterocycles. The standard InChI is InChI=1S/C22H35N2S/c1-3-5-7-8-9-13-16-23-17-18-24(20-25-19-6-4-2)22(23)21-14-11-10-12-15-21/h10-12,14-15,17-18H,3-9,13,16,19-20H2,1-2H3/q+1. The van der Waals surface area contributed by atoms with Crippen LogP contribution in [0.3, 0.4) is 0 Å². The summed E-state index contributed by atoms with van der Waals surface area (Å²) in [6.45, 7) is 5.67. The largest absolute Gasteiger partial charge is 0.289 e. The first-order valence-corrected chi connectivity index (χ1v) is 11.2. The molecule has 1 aromatic carbocycles. The van der Waals surface area contributed by atoms with Gasteiger partial charge in [0.1, 0.15) is 18.3 Å². The van der Waals surface area contributed by atoms with E-state index in [4.69, 9.17) is 0 Å². The minimum atomic E-state index is 1.05. The Morgan fingerprint density at radius 3 is 2.36 bits per heavy atom. The van der Waals surface area contributed by atoms with E-state index in [-0.39, 0.29) is 0 Å². The molecule has 2 aromatic rings. The molecule has 1 aromatic heterocycles. The van der Waals surface area contributed by atoms with Gasteiger partial charge in [-0.1, -0.05) is 64.2 Å². The van der Waals surface area contributed by atoms with Gasteiger partial charge in [0.2, 0.25) is 0 Å². The van der Waals surface area contributed by atoms with Gasteiger partial charge in [-0.15, -0.1) is 11.8 Å². The van der Waals surface area contributed by atoms with Crippen LogP contribution in [-0.2, 0) is 12.4 Å². The first-order chi connectivity index (χ1) is 12.4. The second kappa shape index (κ2) is 12.2. The van der Waals surface area contributed by atoms with E-state index in [1.165, 1.54) is 68.5 Å². The molecule has 0 atom stereocenters. The summed E-state index contributed by atoms with van der Waals surface area (Å²) >= 11 is 2.04. The monoisotopic (exact) mass is 359 g/mol. The fraction of sp³-hybridized carbons (Fsp3) is 0.591. The van der Waals surface area contributed by atoms with Crippen molar-refractivity contribution in [1.82, 2.24) is 4.57 Å². The SMILES string of the molecule is CCCCCCCCn1cc[n+](CSCCCC)c1-c1ccccc1. The Morgan fingerprint density at radius 2 is 1.60 bits per heavy atom. The minimum Gasteiger partial charge on any atom is -0.230 e. The third-order valence-corrected chi connectivity index (χ3v) is 5.67. The molecular weight excluding hydrogens is 324 g/mol. The number of hydrogen-bond donors (Lipinski definition) is 0. The van der Waals surface area contributed by atoms with Crippen molar-refractivity contribution in [3.8, 4) is 11.4 Å². The van der Waals surface area contributed by atoms with E-state index >= 15 is 0 Å². The van der Waals surface area contributed by atoms with Crippen molar-refractivity contribution >= 4 is 11.8 Å². The first-order valence-electron chi connectivity index (χ1n) is 10.1. The molecule has 0 unspecified atom stereocenters. The van der Waals surface area contributed by atoms with Gasteiger partial charge in [-0.25, -0.2) is 9.13 Å². The van der Waals surface area contributed by atoms with Crippen molar-refractivity contribution in [1.29, 1.82) is 0 Å². The molecule has 0 N–H and O–H groups in total. The summed E-state index contributed by atoms with van der Waals surface area (Å²) in [4.78, 5) is 0. The summed E-state index contributed by atoms with van der Waals surface area (Å²) in [5, 5.41) is 0. The summed E-state index contributed by atoms with van der Waals surface area (Å²) in [6, 6.07) is 10.9. The van der Waals surface area contributed by atoms with E-state index in [0.717, 1.165) is 12.4 Å². The fourth-order valence-electron chi connectivity index (χ4n) is 3.14. The van der Waals surface area contributed by atoms with Crippen LogP contribution in [0.1, 0.15) is 65.2 Å². The quantitative estimate of drug-likeness (QED) is 0.301. The molecule has 0 aliphatic rings. The van der Waals surface area contributed by atoms with E-state index in [9.17, 15) is 0 Å². The van der Waals surface area contributed by atoms with Gasteiger partial charge in [-0.2, -0.15) is 0 Å². The van der Waals surface area contributed by atoms with Gasteiger partial charge in [-0.3, -0.25) is 0 Å². The second-order valence-electron chi connectivity index (χ2n) is 6.81.